The molecule has 0 atom stereocenters. The third kappa shape index (κ3) is 17.3. The van der Waals surface area contributed by atoms with Gasteiger partial charge in [-0.1, -0.05) is 49.6 Å². The van der Waals surface area contributed by atoms with Crippen LogP contribution in [0, 0.1) is 24.8 Å². The molecule has 0 aliphatic carbocycles. The van der Waals surface area contributed by atoms with E-state index in [0.29, 0.717) is 0 Å². The van der Waals surface area contributed by atoms with Crippen molar-refractivity contribution >= 4 is 0 Å². The third-order valence-electron chi connectivity index (χ3n) is 2.07. The van der Waals surface area contributed by atoms with Crippen LogP contribution in [0.3, 0.4) is 0 Å². The summed E-state index contributed by atoms with van der Waals surface area (Å²) in [4.78, 5) is 14.6. The third-order valence-corrected chi connectivity index (χ3v) is 2.07. The van der Waals surface area contributed by atoms with Crippen molar-refractivity contribution in [2.24, 2.45) is 0 Å². The van der Waals surface area contributed by atoms with Crippen LogP contribution in [0.4, 0.5) is 0 Å². The van der Waals surface area contributed by atoms with Gasteiger partial charge >= 0.3 is 0 Å². The van der Waals surface area contributed by atoms with Gasteiger partial charge in [0, 0.05) is 16.5 Å². The molecule has 4 nitrogen and oxygen atoms in total. The van der Waals surface area contributed by atoms with Crippen LogP contribution in [0.25, 0.3) is 0 Å². The molecule has 0 aliphatic rings. The Morgan fingerprint density at radius 1 is 0.360 bits per heavy atom. The molecule has 4 heterocycles. The van der Waals surface area contributed by atoms with Crippen LogP contribution in [0.5, 0.6) is 0 Å². The summed E-state index contributed by atoms with van der Waals surface area (Å²) in [6.07, 6.45) is 17.3. The quantitative estimate of drug-likeness (QED) is 0.351. The minimum absolute atomic E-state index is 0. The maximum absolute atomic E-state index is 3.66. The van der Waals surface area contributed by atoms with Crippen molar-refractivity contribution in [3.05, 3.63) is 122 Å². The van der Waals surface area contributed by atoms with E-state index >= 15 is 0 Å². The van der Waals surface area contributed by atoms with Crippen LogP contribution >= 0.6 is 0 Å². The monoisotopic (exact) mass is 370 g/mol. The Labute approximate surface area is 159 Å². The number of aromatic nitrogens is 4. The molecule has 0 aromatic carbocycles. The molecule has 0 fully saturated rings. The standard InChI is InChI=1S/4C5H4N.Ni/c4*1-2-4-6-5-3-1;/h4*1-4H;/q4*-1;. The van der Waals surface area contributed by atoms with Gasteiger partial charge in [-0.3, -0.25) is 0 Å². The van der Waals surface area contributed by atoms with E-state index in [2.05, 4.69) is 44.7 Å². The first-order valence-electron chi connectivity index (χ1n) is 7.08. The molecule has 0 amide bonds. The normalized spacial score (nSPS) is 7.68. The molecule has 0 spiro atoms. The van der Waals surface area contributed by atoms with Gasteiger partial charge in [-0.15, -0.1) is 0 Å². The van der Waals surface area contributed by atoms with E-state index in [1.54, 1.807) is 49.1 Å². The predicted octanol–water partition coefficient (Wildman–Crippen LogP) is 3.52. The van der Waals surface area contributed by atoms with E-state index in [9.17, 15) is 0 Å². The Kier molecular flexibility index (Phi) is 16.9. The van der Waals surface area contributed by atoms with Crippen LogP contribution in [0.2, 0.25) is 0 Å². The number of hydrogen-bond acceptors (Lipinski definition) is 4. The van der Waals surface area contributed by atoms with Crippen molar-refractivity contribution in [3.63, 3.8) is 0 Å². The molecule has 0 bridgehead atoms. The summed E-state index contributed by atoms with van der Waals surface area (Å²) in [5.41, 5.74) is 0. The Morgan fingerprint density at radius 2 is 0.600 bits per heavy atom. The number of nitrogens with zero attached hydrogens (tertiary/aromatic N) is 4. The molecule has 25 heavy (non-hydrogen) atoms. The molecule has 4 aromatic heterocycles. The Hall–Kier alpha value is -2.91. The van der Waals surface area contributed by atoms with Gasteiger partial charge in [0.05, 0.1) is 0 Å². The van der Waals surface area contributed by atoms with Crippen LogP contribution in [0.1, 0.15) is 0 Å². The maximum Gasteiger partial charge on any atom is 0 e. The molecule has 0 saturated heterocycles. The van der Waals surface area contributed by atoms with Crippen molar-refractivity contribution in [1.29, 1.82) is 0 Å². The van der Waals surface area contributed by atoms with Gasteiger partial charge in [-0.2, -0.15) is 72.8 Å². The van der Waals surface area contributed by atoms with Crippen molar-refractivity contribution in [2.75, 3.05) is 0 Å². The number of rotatable bonds is 0. The molecule has 130 valence electrons. The SMILES string of the molecule is [Ni].[c-]1ccccn1.[c-]1ccccn1.[c-]1ccccn1.[c-]1ccccn1. The average molecular weight is 371 g/mol. The molecule has 0 saturated carbocycles. The fourth-order valence-corrected chi connectivity index (χ4v) is 1.11. The van der Waals surface area contributed by atoms with Crippen LogP contribution in [0.15, 0.2) is 97.6 Å². The minimum atomic E-state index is 0. The topological polar surface area (TPSA) is 51.6 Å². The van der Waals surface area contributed by atoms with Gasteiger partial charge in [0.25, 0.3) is 0 Å². The summed E-state index contributed by atoms with van der Waals surface area (Å²) in [5, 5.41) is 0. The van der Waals surface area contributed by atoms with Crippen molar-refractivity contribution in [2.45, 2.75) is 0 Å². The fraction of sp³-hybridized carbons (Fsp3) is 0. The first-order chi connectivity index (χ1) is 12.0. The summed E-state index contributed by atoms with van der Waals surface area (Å²) >= 11 is 0. The fourth-order valence-electron chi connectivity index (χ4n) is 1.11. The van der Waals surface area contributed by atoms with E-state index in [0.717, 1.165) is 0 Å². The predicted molar refractivity (Wildman–Crippen MR) is 92.3 cm³/mol. The van der Waals surface area contributed by atoms with E-state index in [1.807, 2.05) is 48.5 Å². The smallest absolute Gasteiger partial charge is 0 e. The van der Waals surface area contributed by atoms with E-state index in [1.165, 1.54) is 0 Å². The average Bonchev–Trinajstić information content (AvgIpc) is 2.75. The van der Waals surface area contributed by atoms with E-state index < -0.39 is 0 Å². The molecule has 0 unspecified atom stereocenters. The van der Waals surface area contributed by atoms with E-state index in [-0.39, 0.29) is 16.5 Å². The van der Waals surface area contributed by atoms with Gasteiger partial charge < -0.3 is 19.9 Å². The van der Waals surface area contributed by atoms with Crippen molar-refractivity contribution < 1.29 is 16.5 Å². The summed E-state index contributed by atoms with van der Waals surface area (Å²) in [6.45, 7) is 0. The molecule has 0 N–H and O–H groups in total. The van der Waals surface area contributed by atoms with Gasteiger partial charge in [0.2, 0.25) is 0 Å². The van der Waals surface area contributed by atoms with E-state index in [4.69, 9.17) is 0 Å². The molecular formula is C20H16N4Ni-4. The largest absolute Gasteiger partial charge is 0.394 e. The van der Waals surface area contributed by atoms with Gasteiger partial charge in [0.1, 0.15) is 0 Å². The molecule has 0 radical (unpaired) electrons. The zero-order chi connectivity index (χ0) is 17.0. The van der Waals surface area contributed by atoms with Gasteiger partial charge in [-0.25, -0.2) is 0 Å². The number of pyridine rings is 4. The first-order valence-corrected chi connectivity index (χ1v) is 7.08. The maximum atomic E-state index is 3.66. The Balaban J connectivity index is 0.000000303. The van der Waals surface area contributed by atoms with Crippen molar-refractivity contribution in [1.82, 2.24) is 19.9 Å². The van der Waals surface area contributed by atoms with Crippen LogP contribution in [-0.2, 0) is 16.5 Å². The Bertz CT molecular complexity index is 436. The molecule has 4 rings (SSSR count). The van der Waals surface area contributed by atoms with Crippen LogP contribution < -0.4 is 0 Å². The minimum Gasteiger partial charge on any atom is -0.394 e. The van der Waals surface area contributed by atoms with Crippen molar-refractivity contribution in [3.8, 4) is 0 Å². The molecule has 0 aliphatic heterocycles. The summed E-state index contributed by atoms with van der Waals surface area (Å²) in [5.74, 6) is 0. The summed E-state index contributed by atoms with van der Waals surface area (Å²) < 4.78 is 0. The Morgan fingerprint density at radius 3 is 0.640 bits per heavy atom. The second-order valence-electron chi connectivity index (χ2n) is 3.84. The first kappa shape index (κ1) is 22.1. The second-order valence-corrected chi connectivity index (χ2v) is 3.84. The van der Waals surface area contributed by atoms with Gasteiger partial charge in [0.15, 0.2) is 0 Å². The summed E-state index contributed by atoms with van der Waals surface area (Å²) in [7, 11) is 0. The molecule has 4 aromatic rings. The zero-order valence-corrected chi connectivity index (χ0v) is 14.3. The molecule has 5 heteroatoms. The van der Waals surface area contributed by atoms with Crippen LogP contribution in [-0.4, -0.2) is 19.9 Å². The van der Waals surface area contributed by atoms with Gasteiger partial charge in [-0.05, 0) is 0 Å². The second kappa shape index (κ2) is 19.1. The molecular weight excluding hydrogens is 355 g/mol. The number of hydrogen-bond donors (Lipinski definition) is 0. The summed E-state index contributed by atoms with van der Waals surface area (Å²) in [6, 6.07) is 22.0. The zero-order valence-electron chi connectivity index (χ0n) is 13.3.